The number of fused-ring (bicyclic) bond motifs is 2. The van der Waals surface area contributed by atoms with Crippen molar-refractivity contribution in [2.75, 3.05) is 13.1 Å². The van der Waals surface area contributed by atoms with Crippen molar-refractivity contribution in [2.45, 2.75) is 71.8 Å². The molecule has 0 unspecified atom stereocenters. The largest absolute Gasteiger partial charge is 0.444 e. The fraction of sp³-hybridized carbons (Fsp3) is 0.789. The van der Waals surface area contributed by atoms with Gasteiger partial charge in [-0.3, -0.25) is 0 Å². The molecule has 0 N–H and O–H groups in total. The molecule has 1 aromatic heterocycles. The fourth-order valence-electron chi connectivity index (χ4n) is 4.77. The molecule has 5 heteroatoms. The zero-order valence-electron chi connectivity index (χ0n) is 15.8. The molecule has 2 atom stereocenters. The van der Waals surface area contributed by atoms with E-state index in [0.29, 0.717) is 5.92 Å². The number of carbonyl (C=O) groups excluding carboxylic acids is 1. The predicted octanol–water partition coefficient (Wildman–Crippen LogP) is 4.16. The third-order valence-electron chi connectivity index (χ3n) is 5.83. The summed E-state index contributed by atoms with van der Waals surface area (Å²) >= 11 is 0. The van der Waals surface area contributed by atoms with Crippen molar-refractivity contribution in [3.8, 4) is 0 Å². The number of hydrogen-bond acceptors (Lipinski definition) is 4. The molecule has 0 saturated carbocycles. The van der Waals surface area contributed by atoms with Crippen molar-refractivity contribution in [3.05, 3.63) is 17.5 Å². The van der Waals surface area contributed by atoms with Crippen molar-refractivity contribution in [2.24, 2.45) is 11.3 Å². The maximum atomic E-state index is 12.5. The van der Waals surface area contributed by atoms with E-state index in [2.05, 4.69) is 25.9 Å². The summed E-state index contributed by atoms with van der Waals surface area (Å²) in [5.41, 5.74) is 0.859. The molecule has 0 spiro atoms. The van der Waals surface area contributed by atoms with E-state index in [0.717, 1.165) is 38.1 Å². The van der Waals surface area contributed by atoms with E-state index in [9.17, 15) is 4.79 Å². The van der Waals surface area contributed by atoms with Crippen molar-refractivity contribution in [1.29, 1.82) is 0 Å². The topological polar surface area (TPSA) is 55.6 Å². The van der Waals surface area contributed by atoms with E-state index in [1.54, 1.807) is 0 Å². The first-order valence-electron chi connectivity index (χ1n) is 8.95. The second kappa shape index (κ2) is 5.50. The van der Waals surface area contributed by atoms with E-state index in [1.807, 2.05) is 31.9 Å². The van der Waals surface area contributed by atoms with Gasteiger partial charge in [0.2, 0.25) is 0 Å². The monoisotopic (exact) mass is 334 g/mol. The lowest BCUT2D eigenvalue weighted by Crippen LogP contribution is -2.46. The van der Waals surface area contributed by atoms with Gasteiger partial charge in [-0.2, -0.15) is 0 Å². The molecule has 24 heavy (non-hydrogen) atoms. The average molecular weight is 334 g/mol. The van der Waals surface area contributed by atoms with Crippen molar-refractivity contribution in [3.63, 3.8) is 0 Å². The van der Waals surface area contributed by atoms with E-state index < -0.39 is 5.60 Å². The van der Waals surface area contributed by atoms with Crippen LogP contribution in [-0.4, -0.2) is 34.8 Å². The number of carbonyl (C=O) groups is 1. The molecular weight excluding hydrogens is 304 g/mol. The van der Waals surface area contributed by atoms with Gasteiger partial charge >= 0.3 is 6.09 Å². The summed E-state index contributed by atoms with van der Waals surface area (Å²) in [6.07, 6.45) is 4.59. The zero-order chi connectivity index (χ0) is 17.8. The van der Waals surface area contributed by atoms with Crippen LogP contribution in [0.3, 0.4) is 0 Å². The van der Waals surface area contributed by atoms with Crippen molar-refractivity contribution >= 4 is 6.09 Å². The third-order valence-corrected chi connectivity index (χ3v) is 5.83. The Kier molecular flexibility index (Phi) is 3.97. The van der Waals surface area contributed by atoms with Crippen molar-refractivity contribution in [1.82, 2.24) is 10.1 Å². The van der Waals surface area contributed by atoms with Crippen LogP contribution >= 0.6 is 0 Å². The number of rotatable bonds is 0. The summed E-state index contributed by atoms with van der Waals surface area (Å²) in [5, 5.41) is 4.04. The molecule has 1 aliphatic heterocycles. The minimum atomic E-state index is -0.452. The minimum absolute atomic E-state index is 0.0667. The second-order valence-electron chi connectivity index (χ2n) is 9.29. The summed E-state index contributed by atoms with van der Waals surface area (Å²) in [4.78, 5) is 14.4. The second-order valence-corrected chi connectivity index (χ2v) is 9.29. The molecule has 0 bridgehead atoms. The maximum Gasteiger partial charge on any atom is 0.410 e. The van der Waals surface area contributed by atoms with Gasteiger partial charge in [0, 0.05) is 24.1 Å². The van der Waals surface area contributed by atoms with Gasteiger partial charge in [-0.1, -0.05) is 25.9 Å². The molecule has 1 fully saturated rings. The van der Waals surface area contributed by atoms with Gasteiger partial charge in [-0.05, 0) is 51.4 Å². The van der Waals surface area contributed by atoms with Crippen LogP contribution in [0.15, 0.2) is 10.7 Å². The lowest BCUT2D eigenvalue weighted by Gasteiger charge is -2.48. The van der Waals surface area contributed by atoms with Crippen LogP contribution in [0.4, 0.5) is 4.79 Å². The number of likely N-dealkylation sites (tertiary alicyclic amines) is 1. The molecule has 5 nitrogen and oxygen atoms in total. The van der Waals surface area contributed by atoms with Gasteiger partial charge in [0.25, 0.3) is 0 Å². The molecular formula is C19H30N2O3. The first-order valence-corrected chi connectivity index (χ1v) is 8.95. The highest BCUT2D eigenvalue weighted by atomic mass is 16.6. The quantitative estimate of drug-likeness (QED) is 0.715. The summed E-state index contributed by atoms with van der Waals surface area (Å²) in [6.45, 7) is 14.1. The Bertz CT molecular complexity index is 629. The molecule has 0 aromatic carbocycles. The number of aromatic nitrogens is 1. The Morgan fingerprint density at radius 3 is 2.71 bits per heavy atom. The van der Waals surface area contributed by atoms with Gasteiger partial charge in [0.05, 0.1) is 6.20 Å². The van der Waals surface area contributed by atoms with Crippen LogP contribution < -0.4 is 0 Å². The van der Waals surface area contributed by atoms with Gasteiger partial charge in [-0.25, -0.2) is 4.79 Å². The SMILES string of the molecule is CC(C)(C)OC(=O)N1CC[C@@H]2C(C)(C)c3oncc3C[C@@]2(C)CC1. The molecule has 3 rings (SSSR count). The number of ether oxygens (including phenoxy) is 1. The summed E-state index contributed by atoms with van der Waals surface area (Å²) in [7, 11) is 0. The standard InChI is InChI=1S/C19H30N2O3/c1-17(2,3)23-16(22)21-9-7-14-18(4,5)15-13(12-20-24-15)11-19(14,6)8-10-21/h12,14H,7-11H2,1-6H3/t14-,19-/m1/s1. The first kappa shape index (κ1) is 17.3. The fourth-order valence-corrected chi connectivity index (χ4v) is 4.77. The molecule has 1 amide bonds. The number of hydrogen-bond donors (Lipinski definition) is 0. The molecule has 2 heterocycles. The minimum Gasteiger partial charge on any atom is -0.444 e. The Morgan fingerprint density at radius 2 is 2.04 bits per heavy atom. The van der Waals surface area contributed by atoms with E-state index in [1.165, 1.54) is 5.56 Å². The van der Waals surface area contributed by atoms with E-state index in [4.69, 9.17) is 9.26 Å². The normalized spacial score (nSPS) is 29.4. The highest BCUT2D eigenvalue weighted by Gasteiger charge is 2.52. The number of amides is 1. The maximum absolute atomic E-state index is 12.5. The number of nitrogens with zero attached hydrogens (tertiary/aromatic N) is 2. The summed E-state index contributed by atoms with van der Waals surface area (Å²) < 4.78 is 11.2. The lowest BCUT2D eigenvalue weighted by atomic mass is 9.55. The summed E-state index contributed by atoms with van der Waals surface area (Å²) in [5.74, 6) is 1.48. The van der Waals surface area contributed by atoms with Crippen molar-refractivity contribution < 1.29 is 14.1 Å². The van der Waals surface area contributed by atoms with Crippen LogP contribution in [0.5, 0.6) is 0 Å². The zero-order valence-corrected chi connectivity index (χ0v) is 15.8. The van der Waals surface area contributed by atoms with Crippen LogP contribution in [0.2, 0.25) is 0 Å². The average Bonchev–Trinajstić information content (AvgIpc) is 2.80. The molecule has 1 saturated heterocycles. The molecule has 134 valence electrons. The lowest BCUT2D eigenvalue weighted by molar-refractivity contribution is 0.0251. The first-order chi connectivity index (χ1) is 11.0. The van der Waals surface area contributed by atoms with Gasteiger partial charge in [0.15, 0.2) is 0 Å². The highest BCUT2D eigenvalue weighted by molar-refractivity contribution is 5.68. The van der Waals surface area contributed by atoms with Crippen LogP contribution in [0, 0.1) is 11.3 Å². The summed E-state index contributed by atoms with van der Waals surface area (Å²) in [6, 6.07) is 0. The van der Waals surface area contributed by atoms with Gasteiger partial charge in [0.1, 0.15) is 11.4 Å². The predicted molar refractivity (Wildman–Crippen MR) is 91.9 cm³/mol. The Morgan fingerprint density at radius 1 is 1.33 bits per heavy atom. The third kappa shape index (κ3) is 2.93. The molecule has 1 aliphatic carbocycles. The molecule has 2 aliphatic rings. The van der Waals surface area contributed by atoms with E-state index in [-0.39, 0.29) is 16.9 Å². The van der Waals surface area contributed by atoms with E-state index >= 15 is 0 Å². The Balaban J connectivity index is 1.83. The molecule has 1 aromatic rings. The van der Waals surface area contributed by atoms with Crippen LogP contribution in [0.25, 0.3) is 0 Å². The van der Waals surface area contributed by atoms with Gasteiger partial charge in [-0.15, -0.1) is 0 Å². The Hall–Kier alpha value is -1.52. The van der Waals surface area contributed by atoms with Crippen LogP contribution in [-0.2, 0) is 16.6 Å². The van der Waals surface area contributed by atoms with Gasteiger partial charge < -0.3 is 14.2 Å². The Labute approximate surface area is 144 Å². The highest BCUT2D eigenvalue weighted by Crippen LogP contribution is 2.54. The van der Waals surface area contributed by atoms with Crippen LogP contribution in [0.1, 0.15) is 65.7 Å². The smallest absolute Gasteiger partial charge is 0.410 e. The molecule has 0 radical (unpaired) electrons.